The normalized spacial score (nSPS) is 12.0. The molecule has 0 saturated carbocycles. The SMILES string of the molecule is NC(=O)CC[C@@H](NC(=O)/C=C/c1ccc(F)cc1)C(=O)O. The summed E-state index contributed by atoms with van der Waals surface area (Å²) in [6, 6.07) is 4.24. The van der Waals surface area contributed by atoms with E-state index in [1.54, 1.807) is 0 Å². The molecule has 0 fully saturated rings. The van der Waals surface area contributed by atoms with Gasteiger partial charge in [0.2, 0.25) is 11.8 Å². The highest BCUT2D eigenvalue weighted by atomic mass is 19.1. The summed E-state index contributed by atoms with van der Waals surface area (Å²) in [5, 5.41) is 11.2. The molecule has 0 bridgehead atoms. The summed E-state index contributed by atoms with van der Waals surface area (Å²) < 4.78 is 12.7. The molecule has 1 rings (SSSR count). The van der Waals surface area contributed by atoms with Crippen molar-refractivity contribution in [2.75, 3.05) is 0 Å². The zero-order chi connectivity index (χ0) is 15.8. The Morgan fingerprint density at radius 3 is 2.43 bits per heavy atom. The number of carbonyl (C=O) groups is 3. The predicted molar refractivity (Wildman–Crippen MR) is 73.4 cm³/mol. The van der Waals surface area contributed by atoms with Gasteiger partial charge in [-0.1, -0.05) is 12.1 Å². The van der Waals surface area contributed by atoms with E-state index >= 15 is 0 Å². The maximum Gasteiger partial charge on any atom is 0.326 e. The van der Waals surface area contributed by atoms with Crippen LogP contribution in [0.4, 0.5) is 4.39 Å². The Balaban J connectivity index is 2.59. The number of nitrogens with two attached hydrogens (primary N) is 1. The molecule has 0 heterocycles. The number of nitrogens with one attached hydrogen (secondary N) is 1. The lowest BCUT2D eigenvalue weighted by Crippen LogP contribution is -2.40. The zero-order valence-corrected chi connectivity index (χ0v) is 11.1. The Morgan fingerprint density at radius 2 is 1.90 bits per heavy atom. The Kier molecular flexibility index (Phi) is 6.06. The van der Waals surface area contributed by atoms with E-state index in [1.807, 2.05) is 0 Å². The highest BCUT2D eigenvalue weighted by Crippen LogP contribution is 2.04. The fraction of sp³-hybridized carbons (Fsp3) is 0.214. The second-order valence-corrected chi connectivity index (χ2v) is 4.29. The molecule has 2 amide bonds. The Bertz CT molecular complexity index is 555. The van der Waals surface area contributed by atoms with Gasteiger partial charge in [-0.25, -0.2) is 9.18 Å². The Labute approximate surface area is 120 Å². The quantitative estimate of drug-likeness (QED) is 0.642. The standard InChI is InChI=1S/C14H15FN2O4/c15-10-4-1-9(2-5-10)3-8-13(19)17-11(14(20)21)6-7-12(16)18/h1-5,8,11H,6-7H2,(H2,16,18)(H,17,19)(H,20,21)/b8-3+/t11-/m1/s1. The van der Waals surface area contributed by atoms with Gasteiger partial charge in [0, 0.05) is 12.5 Å². The van der Waals surface area contributed by atoms with Crippen LogP contribution in [0.15, 0.2) is 30.3 Å². The van der Waals surface area contributed by atoms with Crippen LogP contribution in [0.25, 0.3) is 6.08 Å². The topological polar surface area (TPSA) is 109 Å². The van der Waals surface area contributed by atoms with E-state index in [0.29, 0.717) is 5.56 Å². The van der Waals surface area contributed by atoms with Gasteiger partial charge in [-0.15, -0.1) is 0 Å². The van der Waals surface area contributed by atoms with Crippen LogP contribution in [-0.4, -0.2) is 28.9 Å². The fourth-order valence-corrected chi connectivity index (χ4v) is 1.51. The van der Waals surface area contributed by atoms with Gasteiger partial charge in [-0.3, -0.25) is 9.59 Å². The number of carbonyl (C=O) groups excluding carboxylic acids is 2. The summed E-state index contributed by atoms with van der Waals surface area (Å²) >= 11 is 0. The maximum atomic E-state index is 12.7. The summed E-state index contributed by atoms with van der Waals surface area (Å²) in [6.45, 7) is 0. The minimum Gasteiger partial charge on any atom is -0.480 e. The lowest BCUT2D eigenvalue weighted by Gasteiger charge is -2.11. The largest absolute Gasteiger partial charge is 0.480 e. The van der Waals surface area contributed by atoms with Crippen molar-refractivity contribution in [3.63, 3.8) is 0 Å². The van der Waals surface area contributed by atoms with E-state index in [2.05, 4.69) is 5.32 Å². The highest BCUT2D eigenvalue weighted by molar-refractivity contribution is 5.94. The highest BCUT2D eigenvalue weighted by Gasteiger charge is 2.19. The molecule has 0 saturated heterocycles. The zero-order valence-electron chi connectivity index (χ0n) is 11.1. The summed E-state index contributed by atoms with van der Waals surface area (Å²) in [5.74, 6) is -2.91. The molecule has 0 aliphatic carbocycles. The second kappa shape index (κ2) is 7.78. The van der Waals surface area contributed by atoms with Crippen molar-refractivity contribution in [2.24, 2.45) is 5.73 Å². The fourth-order valence-electron chi connectivity index (χ4n) is 1.51. The van der Waals surface area contributed by atoms with Crippen LogP contribution in [0.1, 0.15) is 18.4 Å². The third-order valence-electron chi connectivity index (χ3n) is 2.59. The van der Waals surface area contributed by atoms with Crippen molar-refractivity contribution >= 4 is 23.9 Å². The van der Waals surface area contributed by atoms with Crippen molar-refractivity contribution in [3.05, 3.63) is 41.7 Å². The lowest BCUT2D eigenvalue weighted by molar-refractivity contribution is -0.141. The van der Waals surface area contributed by atoms with E-state index in [4.69, 9.17) is 10.8 Å². The molecular weight excluding hydrogens is 279 g/mol. The van der Waals surface area contributed by atoms with Crippen LogP contribution >= 0.6 is 0 Å². The van der Waals surface area contributed by atoms with Gasteiger partial charge in [0.1, 0.15) is 11.9 Å². The van der Waals surface area contributed by atoms with Crippen LogP contribution in [0.5, 0.6) is 0 Å². The van der Waals surface area contributed by atoms with Crippen LogP contribution < -0.4 is 11.1 Å². The van der Waals surface area contributed by atoms with Gasteiger partial charge in [0.15, 0.2) is 0 Å². The van der Waals surface area contributed by atoms with Crippen molar-refractivity contribution in [1.29, 1.82) is 0 Å². The van der Waals surface area contributed by atoms with Crippen LogP contribution in [0.3, 0.4) is 0 Å². The maximum absolute atomic E-state index is 12.7. The second-order valence-electron chi connectivity index (χ2n) is 4.29. The van der Waals surface area contributed by atoms with Crippen LogP contribution in [0, 0.1) is 5.82 Å². The first kappa shape index (κ1) is 16.4. The molecule has 0 spiro atoms. The first-order valence-electron chi connectivity index (χ1n) is 6.13. The average molecular weight is 294 g/mol. The number of amides is 2. The Hall–Kier alpha value is -2.70. The molecular formula is C14H15FN2O4. The molecule has 0 unspecified atom stereocenters. The number of primary amides is 1. The molecule has 112 valence electrons. The van der Waals surface area contributed by atoms with E-state index in [9.17, 15) is 18.8 Å². The van der Waals surface area contributed by atoms with E-state index in [1.165, 1.54) is 30.3 Å². The van der Waals surface area contributed by atoms with E-state index < -0.39 is 29.6 Å². The van der Waals surface area contributed by atoms with Crippen LogP contribution in [-0.2, 0) is 14.4 Å². The molecule has 0 aliphatic rings. The number of aliphatic carboxylic acids is 1. The van der Waals surface area contributed by atoms with E-state index in [-0.39, 0.29) is 12.8 Å². The number of benzene rings is 1. The molecule has 4 N–H and O–H groups in total. The lowest BCUT2D eigenvalue weighted by atomic mass is 10.1. The van der Waals surface area contributed by atoms with Crippen molar-refractivity contribution in [1.82, 2.24) is 5.32 Å². The third kappa shape index (κ3) is 6.33. The molecule has 7 heteroatoms. The molecule has 0 aromatic heterocycles. The Morgan fingerprint density at radius 1 is 1.29 bits per heavy atom. The smallest absolute Gasteiger partial charge is 0.326 e. The van der Waals surface area contributed by atoms with Gasteiger partial charge in [-0.05, 0) is 30.2 Å². The van der Waals surface area contributed by atoms with Crippen LogP contribution in [0.2, 0.25) is 0 Å². The molecule has 1 aromatic rings. The molecule has 0 aliphatic heterocycles. The average Bonchev–Trinajstić information content (AvgIpc) is 2.42. The number of carboxylic acids is 1. The van der Waals surface area contributed by atoms with E-state index in [0.717, 1.165) is 6.08 Å². The minimum absolute atomic E-state index is 0.0825. The number of hydrogen-bond donors (Lipinski definition) is 3. The van der Waals surface area contributed by atoms with Gasteiger partial charge < -0.3 is 16.2 Å². The monoisotopic (exact) mass is 294 g/mol. The number of carboxylic acid groups (broad SMARTS) is 1. The predicted octanol–water partition coefficient (Wildman–Crippen LogP) is 0.674. The third-order valence-corrected chi connectivity index (χ3v) is 2.59. The van der Waals surface area contributed by atoms with Gasteiger partial charge >= 0.3 is 5.97 Å². The number of rotatable bonds is 7. The molecule has 21 heavy (non-hydrogen) atoms. The molecule has 0 radical (unpaired) electrons. The first-order valence-corrected chi connectivity index (χ1v) is 6.13. The van der Waals surface area contributed by atoms with Crippen molar-refractivity contribution < 1.29 is 23.9 Å². The van der Waals surface area contributed by atoms with Gasteiger partial charge in [0.25, 0.3) is 0 Å². The summed E-state index contributed by atoms with van der Waals surface area (Å²) in [4.78, 5) is 33.1. The number of hydrogen-bond acceptors (Lipinski definition) is 3. The van der Waals surface area contributed by atoms with Gasteiger partial charge in [-0.2, -0.15) is 0 Å². The molecule has 1 aromatic carbocycles. The van der Waals surface area contributed by atoms with Crippen molar-refractivity contribution in [3.8, 4) is 0 Å². The minimum atomic E-state index is -1.25. The summed E-state index contributed by atoms with van der Waals surface area (Å²) in [7, 11) is 0. The molecule has 6 nitrogen and oxygen atoms in total. The summed E-state index contributed by atoms with van der Waals surface area (Å²) in [5.41, 5.74) is 5.52. The number of halogens is 1. The summed E-state index contributed by atoms with van der Waals surface area (Å²) in [6.07, 6.45) is 2.33. The first-order chi connectivity index (χ1) is 9.88. The van der Waals surface area contributed by atoms with Crippen molar-refractivity contribution in [2.45, 2.75) is 18.9 Å². The molecule has 1 atom stereocenters. The van der Waals surface area contributed by atoms with Gasteiger partial charge in [0.05, 0.1) is 0 Å².